The van der Waals surface area contributed by atoms with Crippen molar-refractivity contribution < 1.29 is 9.84 Å². The van der Waals surface area contributed by atoms with Crippen LogP contribution in [0.25, 0.3) is 10.9 Å². The molecule has 0 aliphatic carbocycles. The maximum Gasteiger partial charge on any atom is 0.225 e. The molecular weight excluding hydrogens is 387 g/mol. The molecule has 31 heavy (non-hydrogen) atoms. The van der Waals surface area contributed by atoms with Gasteiger partial charge in [0.1, 0.15) is 25.3 Å². The minimum Gasteiger partial charge on any atom is -0.493 e. The second-order valence-corrected chi connectivity index (χ2v) is 8.63. The SMILES string of the molecule is Bc1c(C)c(C)c(OCC[C@@H]2CN(Cc3ccccc3)[C@H](C)CN2)c2c(O)ncnc12. The van der Waals surface area contributed by atoms with Crippen LogP contribution in [-0.4, -0.2) is 59.6 Å². The molecule has 0 bridgehead atoms. The van der Waals surface area contributed by atoms with Gasteiger partial charge < -0.3 is 15.2 Å². The zero-order valence-electron chi connectivity index (χ0n) is 18.9. The Bertz CT molecular complexity index is 1060. The molecule has 2 aromatic carbocycles. The van der Waals surface area contributed by atoms with Crippen LogP contribution in [0.15, 0.2) is 36.7 Å². The van der Waals surface area contributed by atoms with Crippen molar-refractivity contribution in [1.29, 1.82) is 0 Å². The number of hydrogen-bond donors (Lipinski definition) is 2. The standard InChI is InChI=1S/C24H31BN4O2/c1-15-11-26-19(13-29(15)12-18-7-5-4-6-8-18)9-10-31-23-17(3)16(2)21(25)22-20(23)24(30)28-14-27-22/h4-8,14-15,19,26H,9-13,25H2,1-3H3,(H,27,28,30)/t15-,19-/m1/s1. The lowest BCUT2D eigenvalue weighted by molar-refractivity contribution is 0.122. The van der Waals surface area contributed by atoms with Gasteiger partial charge in [0.25, 0.3) is 0 Å². The third-order valence-electron chi connectivity index (χ3n) is 6.60. The highest BCUT2D eigenvalue weighted by Crippen LogP contribution is 2.34. The molecule has 3 aromatic rings. The van der Waals surface area contributed by atoms with E-state index >= 15 is 0 Å². The van der Waals surface area contributed by atoms with Gasteiger partial charge in [-0.1, -0.05) is 35.8 Å². The Morgan fingerprint density at radius 2 is 1.97 bits per heavy atom. The third-order valence-corrected chi connectivity index (χ3v) is 6.60. The van der Waals surface area contributed by atoms with E-state index in [9.17, 15) is 5.11 Å². The van der Waals surface area contributed by atoms with Crippen molar-refractivity contribution in [2.45, 2.75) is 45.8 Å². The van der Waals surface area contributed by atoms with Gasteiger partial charge in [-0.05, 0) is 43.9 Å². The van der Waals surface area contributed by atoms with Crippen LogP contribution in [0, 0.1) is 13.8 Å². The quantitative estimate of drug-likeness (QED) is 0.596. The lowest BCUT2D eigenvalue weighted by Crippen LogP contribution is -2.55. The van der Waals surface area contributed by atoms with E-state index in [2.05, 4.69) is 64.4 Å². The highest BCUT2D eigenvalue weighted by molar-refractivity contribution is 6.40. The molecule has 6 nitrogen and oxygen atoms in total. The molecule has 4 rings (SSSR count). The molecule has 1 aliphatic rings. The van der Waals surface area contributed by atoms with E-state index in [4.69, 9.17) is 4.74 Å². The largest absolute Gasteiger partial charge is 0.493 e. The molecule has 1 aliphatic heterocycles. The van der Waals surface area contributed by atoms with Crippen molar-refractivity contribution >= 4 is 24.2 Å². The smallest absolute Gasteiger partial charge is 0.225 e. The summed E-state index contributed by atoms with van der Waals surface area (Å²) in [7, 11) is 2.02. The van der Waals surface area contributed by atoms with Crippen molar-refractivity contribution in [1.82, 2.24) is 20.2 Å². The summed E-state index contributed by atoms with van der Waals surface area (Å²) in [5, 5.41) is 14.7. The molecule has 0 saturated carbocycles. The van der Waals surface area contributed by atoms with Gasteiger partial charge >= 0.3 is 0 Å². The molecule has 2 atom stereocenters. The first kappa shape index (κ1) is 21.6. The third kappa shape index (κ3) is 4.53. The Kier molecular flexibility index (Phi) is 6.44. The van der Waals surface area contributed by atoms with Gasteiger partial charge in [-0.15, -0.1) is 0 Å². The number of aromatic nitrogens is 2. The molecule has 7 heteroatoms. The zero-order chi connectivity index (χ0) is 22.0. The van der Waals surface area contributed by atoms with Crippen LogP contribution in [0.4, 0.5) is 0 Å². The van der Waals surface area contributed by atoms with Crippen LogP contribution >= 0.6 is 0 Å². The highest BCUT2D eigenvalue weighted by atomic mass is 16.5. The van der Waals surface area contributed by atoms with Gasteiger partial charge in [-0.2, -0.15) is 0 Å². The van der Waals surface area contributed by atoms with Gasteiger partial charge in [0.15, 0.2) is 0 Å². The number of piperazine rings is 1. The van der Waals surface area contributed by atoms with Crippen molar-refractivity contribution in [2.24, 2.45) is 0 Å². The Labute approximate surface area is 185 Å². The topological polar surface area (TPSA) is 70.5 Å². The maximum absolute atomic E-state index is 10.4. The number of aromatic hydroxyl groups is 1. The summed E-state index contributed by atoms with van der Waals surface area (Å²) < 4.78 is 6.25. The molecule has 162 valence electrons. The Morgan fingerprint density at radius 3 is 2.74 bits per heavy atom. The summed E-state index contributed by atoms with van der Waals surface area (Å²) in [6.07, 6.45) is 2.29. The van der Waals surface area contributed by atoms with Gasteiger partial charge in [0.05, 0.1) is 12.1 Å². The molecule has 0 unspecified atom stereocenters. The van der Waals surface area contributed by atoms with Crippen LogP contribution in [0.1, 0.15) is 30.0 Å². The molecule has 2 heterocycles. The predicted octanol–water partition coefficient (Wildman–Crippen LogP) is 1.84. The first-order chi connectivity index (χ1) is 15.0. The molecule has 0 radical (unpaired) electrons. The minimum absolute atomic E-state index is 0.0233. The summed E-state index contributed by atoms with van der Waals surface area (Å²) in [5.74, 6) is 0.673. The lowest BCUT2D eigenvalue weighted by Gasteiger charge is -2.39. The second kappa shape index (κ2) is 9.24. The van der Waals surface area contributed by atoms with Gasteiger partial charge in [-0.3, -0.25) is 4.90 Å². The number of hydrogen-bond acceptors (Lipinski definition) is 6. The molecule has 1 aromatic heterocycles. The number of nitrogens with zero attached hydrogens (tertiary/aromatic N) is 3. The molecule has 2 N–H and O–H groups in total. The van der Waals surface area contributed by atoms with E-state index in [1.54, 1.807) is 0 Å². The van der Waals surface area contributed by atoms with Gasteiger partial charge in [-0.25, -0.2) is 9.97 Å². The van der Waals surface area contributed by atoms with Crippen LogP contribution in [0.2, 0.25) is 0 Å². The van der Waals surface area contributed by atoms with Gasteiger partial charge in [0.2, 0.25) is 5.88 Å². The fourth-order valence-corrected chi connectivity index (χ4v) is 4.40. The number of benzene rings is 2. The summed E-state index contributed by atoms with van der Waals surface area (Å²) in [5.41, 5.74) is 5.32. The van der Waals surface area contributed by atoms with Crippen LogP contribution < -0.4 is 15.5 Å². The maximum atomic E-state index is 10.4. The van der Waals surface area contributed by atoms with Crippen LogP contribution in [0.3, 0.4) is 0 Å². The monoisotopic (exact) mass is 418 g/mol. The molecule has 0 spiro atoms. The number of rotatable bonds is 6. The van der Waals surface area contributed by atoms with Crippen LogP contribution in [-0.2, 0) is 6.54 Å². The summed E-state index contributed by atoms with van der Waals surface area (Å²) >= 11 is 0. The Morgan fingerprint density at radius 1 is 1.19 bits per heavy atom. The summed E-state index contributed by atoms with van der Waals surface area (Å²) in [6.45, 7) is 9.87. The van der Waals surface area contributed by atoms with E-state index in [1.165, 1.54) is 11.9 Å². The van der Waals surface area contributed by atoms with E-state index in [1.807, 2.05) is 14.8 Å². The Hall–Kier alpha value is -2.64. The van der Waals surface area contributed by atoms with Gasteiger partial charge in [0, 0.05) is 31.7 Å². The molecule has 1 fully saturated rings. The van der Waals surface area contributed by atoms with Crippen molar-refractivity contribution in [3.05, 3.63) is 53.3 Å². The Balaban J connectivity index is 1.44. The van der Waals surface area contributed by atoms with E-state index in [0.717, 1.165) is 48.2 Å². The van der Waals surface area contributed by atoms with E-state index in [-0.39, 0.29) is 5.88 Å². The number of fused-ring (bicyclic) bond motifs is 1. The minimum atomic E-state index is -0.0233. The molecule has 1 saturated heterocycles. The predicted molar refractivity (Wildman–Crippen MR) is 127 cm³/mol. The fraction of sp³-hybridized carbons (Fsp3) is 0.417. The summed E-state index contributed by atoms with van der Waals surface area (Å²) in [6, 6.07) is 11.5. The normalized spacial score (nSPS) is 19.6. The highest BCUT2D eigenvalue weighted by Gasteiger charge is 2.25. The first-order valence-electron chi connectivity index (χ1n) is 11.0. The summed E-state index contributed by atoms with van der Waals surface area (Å²) in [4.78, 5) is 10.9. The number of nitrogens with one attached hydrogen (secondary N) is 1. The average Bonchev–Trinajstić information content (AvgIpc) is 2.77. The van der Waals surface area contributed by atoms with E-state index < -0.39 is 0 Å². The fourth-order valence-electron chi connectivity index (χ4n) is 4.40. The lowest BCUT2D eigenvalue weighted by atomic mass is 9.85. The first-order valence-corrected chi connectivity index (χ1v) is 11.0. The van der Waals surface area contributed by atoms with E-state index in [0.29, 0.717) is 29.8 Å². The second-order valence-electron chi connectivity index (χ2n) is 8.63. The zero-order valence-corrected chi connectivity index (χ0v) is 18.9. The van der Waals surface area contributed by atoms with Crippen LogP contribution in [0.5, 0.6) is 11.6 Å². The van der Waals surface area contributed by atoms with Crippen molar-refractivity contribution in [3.8, 4) is 11.6 Å². The molecular formula is C24H31BN4O2. The van der Waals surface area contributed by atoms with Crippen molar-refractivity contribution in [3.63, 3.8) is 0 Å². The number of ether oxygens (including phenoxy) is 1. The van der Waals surface area contributed by atoms with Crippen molar-refractivity contribution in [2.75, 3.05) is 19.7 Å². The molecule has 0 amide bonds. The average molecular weight is 418 g/mol.